The van der Waals surface area contributed by atoms with Crippen LogP contribution in [-0.4, -0.2) is 117 Å². The molecule has 0 saturated carbocycles. The van der Waals surface area contributed by atoms with Gasteiger partial charge in [-0.1, -0.05) is 24.3 Å². The molecule has 6 fully saturated rings. The first-order valence-electron chi connectivity index (χ1n) is 19.9. The molecule has 0 unspecified atom stereocenters. The van der Waals surface area contributed by atoms with E-state index in [1.54, 1.807) is 70.1 Å². The molecule has 4 amide bonds. The van der Waals surface area contributed by atoms with Crippen LogP contribution in [0.15, 0.2) is 48.5 Å². The van der Waals surface area contributed by atoms with Crippen molar-refractivity contribution in [2.45, 2.75) is 58.3 Å². The van der Waals surface area contributed by atoms with Crippen LogP contribution in [0.3, 0.4) is 0 Å². The van der Waals surface area contributed by atoms with Gasteiger partial charge in [0.25, 0.3) is 23.6 Å². The van der Waals surface area contributed by atoms with Crippen molar-refractivity contribution in [1.29, 1.82) is 0 Å². The van der Waals surface area contributed by atoms with E-state index in [0.717, 1.165) is 37.2 Å². The summed E-state index contributed by atoms with van der Waals surface area (Å²) in [6.45, 7) is 11.9. The van der Waals surface area contributed by atoms with Gasteiger partial charge in [-0.15, -0.1) is 0 Å². The van der Waals surface area contributed by atoms with Gasteiger partial charge in [0, 0.05) is 98.5 Å². The summed E-state index contributed by atoms with van der Waals surface area (Å²) in [7, 11) is -28.9. The molecular weight excluding hydrogens is 929 g/mol. The number of fused-ring (bicyclic) bond motifs is 2. The van der Waals surface area contributed by atoms with Crippen LogP contribution in [0.4, 0.5) is 0 Å². The molecule has 13 rings (SSSR count). The van der Waals surface area contributed by atoms with E-state index in [-0.39, 0.29) is 30.8 Å². The van der Waals surface area contributed by atoms with Crippen LogP contribution >= 0.6 is 0 Å². The lowest BCUT2D eigenvalue weighted by Crippen LogP contribution is -2.86. The number of carbonyl (C=O) groups is 4. The van der Waals surface area contributed by atoms with Gasteiger partial charge in [0.2, 0.25) is 0 Å². The van der Waals surface area contributed by atoms with Crippen molar-refractivity contribution in [3.05, 3.63) is 70.8 Å². The zero-order valence-electron chi connectivity index (χ0n) is 34.2. The van der Waals surface area contributed by atoms with Crippen molar-refractivity contribution in [3.63, 3.8) is 0 Å². The molecule has 0 atom stereocenters. The number of nitrogens with zero attached hydrogens (tertiary/aromatic N) is 2. The Morgan fingerprint density at radius 3 is 0.984 bits per heavy atom. The zero-order chi connectivity index (χ0) is 42.7. The van der Waals surface area contributed by atoms with E-state index in [9.17, 15) is 19.2 Å². The second-order valence-electron chi connectivity index (χ2n) is 17.1. The van der Waals surface area contributed by atoms with Gasteiger partial charge in [0.15, 0.2) is 0 Å². The molecule has 61 heavy (non-hydrogen) atoms. The quantitative estimate of drug-likeness (QED) is 0.0998. The fourth-order valence-electron chi connectivity index (χ4n) is 10.6. The molecule has 8 aliphatic rings. The number of carbonyl (C=O) groups excluding carboxylic acids is 4. The average Bonchev–Trinajstić information content (AvgIpc) is 3.11. The molecule has 8 aliphatic heterocycles. The highest BCUT2D eigenvalue weighted by Gasteiger charge is 2.79. The Morgan fingerprint density at radius 1 is 0.393 bits per heavy atom. The summed E-state index contributed by atoms with van der Waals surface area (Å²) in [5.74, 6) is -1.63. The van der Waals surface area contributed by atoms with Crippen LogP contribution < -0.4 is 0 Å². The van der Waals surface area contributed by atoms with E-state index in [4.69, 9.17) is 49.4 Å². The number of benzene rings is 5. The largest absolute Gasteiger partial charge is 0.478 e. The number of imide groups is 2. The molecule has 8 bridgehead atoms. The standard InChI is InChI=1S/C35H38N2O16Si8/c1-36-32(38)24-14-10-20-22-12-16-26-31-27(17-13-23(29(22)31)21-11-15-25(33(36)39)30(24)28(20)21)35(41)37(34(26)40)18-9-19-61-51-58(6)45-55(3)42-54(2)43-56(4,47-58)49-60(8,53-61)50-57(5,44-54)48-59(7,46-55)52-61/h10-17H,9,18-19H2,1-8H3. The van der Waals surface area contributed by atoms with Crippen molar-refractivity contribution in [3.8, 4) is 0 Å². The van der Waals surface area contributed by atoms with Crippen LogP contribution in [0.25, 0.3) is 43.1 Å². The lowest BCUT2D eigenvalue weighted by atomic mass is 9.82. The number of hydrogen-bond donors (Lipinski definition) is 0. The maximum absolute atomic E-state index is 14.5. The molecule has 0 aromatic heterocycles. The number of amides is 4. The van der Waals surface area contributed by atoms with Crippen molar-refractivity contribution < 1.29 is 68.6 Å². The Morgan fingerprint density at radius 2 is 0.672 bits per heavy atom. The first kappa shape index (κ1) is 39.5. The van der Waals surface area contributed by atoms with Gasteiger partial charge in [-0.3, -0.25) is 29.0 Å². The average molecular weight is 967 g/mol. The topological polar surface area (TPSA) is 186 Å². The third kappa shape index (κ3) is 5.55. The van der Waals surface area contributed by atoms with Crippen LogP contribution in [-0.2, 0) is 49.4 Å². The van der Waals surface area contributed by atoms with E-state index in [2.05, 4.69) is 0 Å². The van der Waals surface area contributed by atoms with Crippen molar-refractivity contribution in [2.24, 2.45) is 0 Å². The van der Waals surface area contributed by atoms with Gasteiger partial charge >= 0.3 is 70.4 Å². The molecule has 6 saturated heterocycles. The van der Waals surface area contributed by atoms with Gasteiger partial charge in [0.1, 0.15) is 0 Å². The Balaban J connectivity index is 0.911. The second-order valence-corrected chi connectivity index (χ2v) is 40.9. The molecule has 26 heteroatoms. The van der Waals surface area contributed by atoms with Crippen molar-refractivity contribution in [1.82, 2.24) is 9.80 Å². The van der Waals surface area contributed by atoms with Crippen molar-refractivity contribution in [2.75, 3.05) is 13.6 Å². The Labute approximate surface area is 356 Å². The Hall–Kier alpha value is -3.06. The predicted octanol–water partition coefficient (Wildman–Crippen LogP) is 5.14. The molecule has 0 radical (unpaired) electrons. The highest BCUT2D eigenvalue weighted by molar-refractivity contribution is 7.02. The van der Waals surface area contributed by atoms with Gasteiger partial charge in [-0.2, -0.15) is 0 Å². The summed E-state index contributed by atoms with van der Waals surface area (Å²) >= 11 is 0. The highest BCUT2D eigenvalue weighted by Crippen LogP contribution is 2.50. The molecule has 0 N–H and O–H groups in total. The lowest BCUT2D eigenvalue weighted by Gasteiger charge is -2.60. The van der Waals surface area contributed by atoms with Crippen LogP contribution in [0, 0.1) is 0 Å². The molecule has 0 spiro atoms. The summed E-state index contributed by atoms with van der Waals surface area (Å²) in [4.78, 5) is 57.9. The molecular formula is C35H38N2O16Si8. The monoisotopic (exact) mass is 966 g/mol. The van der Waals surface area contributed by atoms with Crippen LogP contribution in [0.5, 0.6) is 0 Å². The third-order valence-corrected chi connectivity index (χ3v) is 48.0. The normalized spacial score (nSPS) is 39.1. The zero-order valence-corrected chi connectivity index (χ0v) is 42.2. The van der Waals surface area contributed by atoms with E-state index in [1.165, 1.54) is 11.9 Å². The van der Waals surface area contributed by atoms with Gasteiger partial charge in [0.05, 0.1) is 0 Å². The molecule has 0 aliphatic carbocycles. The lowest BCUT2D eigenvalue weighted by molar-refractivity contribution is -0.0197. The van der Waals surface area contributed by atoms with Crippen molar-refractivity contribution >= 4 is 137 Å². The molecule has 8 heterocycles. The van der Waals surface area contributed by atoms with E-state index >= 15 is 0 Å². The van der Waals surface area contributed by atoms with E-state index < -0.39 is 82.2 Å². The molecule has 5 aromatic rings. The summed E-state index contributed by atoms with van der Waals surface area (Å²) in [6.07, 6.45) is 0.191. The Bertz CT molecular complexity index is 2710. The molecule has 316 valence electrons. The smallest absolute Gasteiger partial charge is 0.374 e. The van der Waals surface area contributed by atoms with Crippen LogP contribution in [0.2, 0.25) is 51.9 Å². The minimum Gasteiger partial charge on any atom is -0.374 e. The predicted molar refractivity (Wildman–Crippen MR) is 229 cm³/mol. The maximum atomic E-state index is 14.5. The van der Waals surface area contributed by atoms with Gasteiger partial charge < -0.3 is 49.4 Å². The fourth-order valence-corrected chi connectivity index (χ4v) is 56.5. The first-order valence-corrected chi connectivity index (χ1v) is 37.4. The minimum atomic E-state index is -4.07. The summed E-state index contributed by atoms with van der Waals surface area (Å²) in [5, 5.41) is 5.97. The Kier molecular flexibility index (Phi) is 7.76. The maximum Gasteiger partial charge on any atom is 0.478 e. The summed E-state index contributed by atoms with van der Waals surface area (Å²) in [6, 6.07) is 14.6. The number of rotatable bonds is 4. The highest BCUT2D eigenvalue weighted by atomic mass is 28.6. The molecule has 5 aromatic carbocycles. The minimum absolute atomic E-state index is 0.0121. The SMILES string of the molecule is CN1C(=O)c2ccc3c4ccc5c6c(ccc(c7ccc(c2c37)C1=O)c64)C(=O)N(CCC[Si]12O[Si]3(C)O[Si]4(C)O[Si]6(C)O[Si](C)(O3)O[Si](C)(O[Si](C)(O6)O[Si](C)(O4)O1)O2)C5=O. The summed E-state index contributed by atoms with van der Waals surface area (Å²) < 4.78 is 81.0. The first-order chi connectivity index (χ1) is 28.6. The van der Waals surface area contributed by atoms with E-state index in [1.807, 2.05) is 24.3 Å². The van der Waals surface area contributed by atoms with E-state index in [0.29, 0.717) is 33.0 Å². The van der Waals surface area contributed by atoms with Gasteiger partial charge in [-0.05, 0) is 63.0 Å². The fraction of sp³-hybridized carbons (Fsp3) is 0.314. The summed E-state index contributed by atoms with van der Waals surface area (Å²) in [5.41, 5.74) is 1.66. The van der Waals surface area contributed by atoms with Crippen LogP contribution in [0.1, 0.15) is 47.9 Å². The van der Waals surface area contributed by atoms with Gasteiger partial charge in [-0.25, -0.2) is 0 Å². The number of hydrogen-bond acceptors (Lipinski definition) is 16. The second kappa shape index (κ2) is 12.0. The third-order valence-electron chi connectivity index (χ3n) is 12.1. The molecule has 18 nitrogen and oxygen atoms in total.